The van der Waals surface area contributed by atoms with Crippen molar-refractivity contribution in [2.24, 2.45) is 45.3 Å². The zero-order valence-corrected chi connectivity index (χ0v) is 48.4. The van der Waals surface area contributed by atoms with Gasteiger partial charge in [0.2, 0.25) is 0 Å². The van der Waals surface area contributed by atoms with Crippen LogP contribution in [0.2, 0.25) is 0 Å². The average molecular weight is 1160 g/mol. The summed E-state index contributed by atoms with van der Waals surface area (Å²) in [7, 11) is 1.26. The molecule has 9 aliphatic rings. The lowest BCUT2D eigenvalue weighted by atomic mass is 9.41. The predicted octanol–water partition coefficient (Wildman–Crippen LogP) is 0.414. The molecule has 8 fully saturated rings. The second kappa shape index (κ2) is 23.6. The van der Waals surface area contributed by atoms with E-state index in [4.69, 9.17) is 56.8 Å². The van der Waals surface area contributed by atoms with Crippen molar-refractivity contribution in [3.05, 3.63) is 11.6 Å². The molecule has 28 atom stereocenters. The van der Waals surface area contributed by atoms with Gasteiger partial charge in [-0.25, -0.2) is 0 Å². The first-order chi connectivity index (χ1) is 38.0. The first-order valence-electron chi connectivity index (χ1n) is 29.0. The van der Waals surface area contributed by atoms with Crippen LogP contribution >= 0.6 is 0 Å². The minimum absolute atomic E-state index is 0.0292. The van der Waals surface area contributed by atoms with Crippen LogP contribution in [0, 0.1) is 45.3 Å². The maximum absolute atomic E-state index is 14.9. The molecule has 5 aliphatic heterocycles. The summed E-state index contributed by atoms with van der Waals surface area (Å²) in [5.74, 6) is -1.41. The molecule has 5 heterocycles. The summed E-state index contributed by atoms with van der Waals surface area (Å²) in [4.78, 5) is 40.1. The SMILES string of the molecule is CO[C@H]1C(O)[C@H](O[C@H]2C(O)[C@H](O[C@@H]3C(C)O[C@@H](OC4[C@H](O[C@H]5CC[C@]6(C)C7CCC89C(=O)O[C@@](C)(C[C@H](CC(C)C)OC(C)=O)C8[C@@H](OC(C)=O)C[C@@]9(C)C7=CCC6C5(C)C)OC[C@@H](O)[C@H]4O)C(O)[C@@H]3O)OC(CO)[C@H]2O)OC[C@H]1O. The fraction of sp³-hybridized carbons (Fsp3) is 0.912. The largest absolute Gasteiger partial charge is 0.462 e. The molecule has 9 rings (SSSR count). The minimum Gasteiger partial charge on any atom is -0.462 e. The molecule has 9 N–H and O–H groups in total. The number of ether oxygens (including phenoxy) is 12. The molecule has 0 amide bonds. The lowest BCUT2D eigenvalue weighted by Gasteiger charge is -2.63. The first-order valence-corrected chi connectivity index (χ1v) is 29.0. The van der Waals surface area contributed by atoms with Gasteiger partial charge in [-0.2, -0.15) is 0 Å². The van der Waals surface area contributed by atoms with Gasteiger partial charge in [-0.3, -0.25) is 14.4 Å². The first kappa shape index (κ1) is 62.9. The predicted molar refractivity (Wildman–Crippen MR) is 276 cm³/mol. The molecule has 4 aliphatic carbocycles. The number of carbonyl (C=O) groups excluding carboxylic acids is 3. The molecule has 10 unspecified atom stereocenters. The maximum atomic E-state index is 14.9. The summed E-state index contributed by atoms with van der Waals surface area (Å²) in [6, 6.07) is 0. The molecule has 24 nitrogen and oxygen atoms in total. The lowest BCUT2D eigenvalue weighted by molar-refractivity contribution is -0.387. The number of cyclic esters (lactones) is 1. The Kier molecular flexibility index (Phi) is 18.3. The van der Waals surface area contributed by atoms with Gasteiger partial charge in [-0.1, -0.05) is 53.2 Å². The molecule has 0 radical (unpaired) electrons. The van der Waals surface area contributed by atoms with E-state index in [0.717, 1.165) is 0 Å². The molecule has 0 aromatic carbocycles. The van der Waals surface area contributed by atoms with E-state index in [-0.39, 0.29) is 48.8 Å². The summed E-state index contributed by atoms with van der Waals surface area (Å²) in [5.41, 5.74) is -2.51. The van der Waals surface area contributed by atoms with E-state index in [1.165, 1.54) is 33.5 Å². The van der Waals surface area contributed by atoms with Crippen LogP contribution in [0.1, 0.15) is 121 Å². The van der Waals surface area contributed by atoms with E-state index in [1.807, 2.05) is 20.8 Å². The zero-order chi connectivity index (χ0) is 59.2. The van der Waals surface area contributed by atoms with E-state index in [0.29, 0.717) is 44.9 Å². The lowest BCUT2D eigenvalue weighted by Crippen LogP contribution is -2.66. The smallest absolute Gasteiger partial charge is 0.314 e. The Bertz CT molecular complexity index is 2290. The fourth-order valence-electron chi connectivity index (χ4n) is 16.8. The van der Waals surface area contributed by atoms with Gasteiger partial charge >= 0.3 is 17.9 Å². The molecule has 0 aromatic rings. The number of hydrogen-bond acceptors (Lipinski definition) is 24. The number of esters is 3. The minimum atomic E-state index is -1.89. The van der Waals surface area contributed by atoms with Gasteiger partial charge in [-0.15, -0.1) is 0 Å². The molecule has 5 saturated heterocycles. The van der Waals surface area contributed by atoms with Crippen molar-refractivity contribution in [1.29, 1.82) is 0 Å². The van der Waals surface area contributed by atoms with Gasteiger partial charge in [0.1, 0.15) is 97.2 Å². The van der Waals surface area contributed by atoms with Crippen LogP contribution in [0.4, 0.5) is 0 Å². The Morgan fingerprint density at radius 2 is 1.37 bits per heavy atom. The molecule has 24 heteroatoms. The number of hydrogen-bond donors (Lipinski definition) is 9. The second-order valence-electron chi connectivity index (χ2n) is 26.3. The fourth-order valence-corrected chi connectivity index (χ4v) is 16.8. The molecule has 3 saturated carbocycles. The van der Waals surface area contributed by atoms with E-state index >= 15 is 0 Å². The van der Waals surface area contributed by atoms with Crippen molar-refractivity contribution in [2.45, 2.75) is 255 Å². The normalized spacial score (nSPS) is 49.8. The Morgan fingerprint density at radius 3 is 2.02 bits per heavy atom. The van der Waals surface area contributed by atoms with Crippen molar-refractivity contribution in [3.63, 3.8) is 0 Å². The highest BCUT2D eigenvalue weighted by atomic mass is 16.8. The van der Waals surface area contributed by atoms with Crippen LogP contribution in [0.25, 0.3) is 0 Å². The third-order valence-electron chi connectivity index (χ3n) is 20.4. The highest BCUT2D eigenvalue weighted by molar-refractivity contribution is 5.84. The third kappa shape index (κ3) is 11.0. The Morgan fingerprint density at radius 1 is 0.728 bits per heavy atom. The molecule has 0 aromatic heterocycles. The van der Waals surface area contributed by atoms with Crippen LogP contribution in [-0.2, 0) is 71.2 Å². The van der Waals surface area contributed by atoms with Gasteiger partial charge in [0.05, 0.1) is 43.4 Å². The summed E-state index contributed by atoms with van der Waals surface area (Å²) in [5, 5.41) is 99.3. The Balaban J connectivity index is 0.894. The quantitative estimate of drug-likeness (QED) is 0.0574. The summed E-state index contributed by atoms with van der Waals surface area (Å²) >= 11 is 0. The van der Waals surface area contributed by atoms with Crippen LogP contribution in [0.3, 0.4) is 0 Å². The van der Waals surface area contributed by atoms with Gasteiger partial charge < -0.3 is 103 Å². The maximum Gasteiger partial charge on any atom is 0.314 e. The van der Waals surface area contributed by atoms with Gasteiger partial charge in [0.15, 0.2) is 25.2 Å². The van der Waals surface area contributed by atoms with Crippen LogP contribution < -0.4 is 0 Å². The van der Waals surface area contributed by atoms with Crippen molar-refractivity contribution in [1.82, 2.24) is 0 Å². The molecule has 0 bridgehead atoms. The zero-order valence-electron chi connectivity index (χ0n) is 48.4. The van der Waals surface area contributed by atoms with Crippen LogP contribution in [0.5, 0.6) is 0 Å². The van der Waals surface area contributed by atoms with E-state index < -0.39 is 175 Å². The molecule has 1 spiro atoms. The number of allylic oxidation sites excluding steroid dienone is 2. The van der Waals surface area contributed by atoms with E-state index in [2.05, 4.69) is 33.8 Å². The van der Waals surface area contributed by atoms with Crippen LogP contribution in [0.15, 0.2) is 11.6 Å². The average Bonchev–Trinajstić information content (AvgIpc) is 3.03. The Labute approximate surface area is 472 Å². The number of methoxy groups -OCH3 is 1. The number of aliphatic hydroxyl groups is 9. The molecule has 81 heavy (non-hydrogen) atoms. The monoisotopic (exact) mass is 1160 g/mol. The van der Waals surface area contributed by atoms with Gasteiger partial charge in [0, 0.05) is 32.8 Å². The highest BCUT2D eigenvalue weighted by Gasteiger charge is 2.80. The Hall–Kier alpha value is -2.57. The molecule has 462 valence electrons. The summed E-state index contributed by atoms with van der Waals surface area (Å²) in [6.45, 7) is 17.6. The highest BCUT2D eigenvalue weighted by Crippen LogP contribution is 2.77. The second-order valence-corrected chi connectivity index (χ2v) is 26.3. The van der Waals surface area contributed by atoms with Crippen molar-refractivity contribution in [3.8, 4) is 0 Å². The number of rotatable bonds is 16. The standard InChI is InChI=1S/C57H90O24/c1-24(2)18-28(74-26(4)59)19-56(10)47-33(75-27(5)60)20-55(9)30-12-13-35-53(6,7)36(15-16-54(35,8)29(30)14-17-57(47,55)52(69)81-56)77-51-46(37(63)31(61)22-72-51)80-49-40(66)39(65)43(25(3)73-49)78-50-42(68)45(38(64)34(21-58)76-50)79-48-41(67)44(70-11)32(62)23-71-48/h12,24-25,28-29,31-51,58,61-68H,13-23H2,1-11H3/t25?,28-,29?,31+,32+,33-,34?,35?,36-,37+,38+,39-,40?,41?,42?,43+,44+,45+,46?,47?,48-,49-,50-,51-,54+,55-,56-,57?/m0/s1. The van der Waals surface area contributed by atoms with Gasteiger partial charge in [-0.05, 0) is 87.4 Å². The molecular formula is C57H90O24. The number of carbonyl (C=O) groups is 3. The van der Waals surface area contributed by atoms with E-state index in [1.54, 1.807) is 0 Å². The van der Waals surface area contributed by atoms with Crippen molar-refractivity contribution in [2.75, 3.05) is 26.9 Å². The number of aliphatic hydroxyl groups excluding tert-OH is 9. The van der Waals surface area contributed by atoms with Crippen LogP contribution in [-0.4, -0.2) is 225 Å². The summed E-state index contributed by atoms with van der Waals surface area (Å²) < 4.78 is 72.0. The topological polar surface area (TPSA) is 344 Å². The summed E-state index contributed by atoms with van der Waals surface area (Å²) in [6.07, 6.45) is -22.5. The third-order valence-corrected chi connectivity index (χ3v) is 20.4. The van der Waals surface area contributed by atoms with Crippen molar-refractivity contribution < 1.29 is 117 Å². The van der Waals surface area contributed by atoms with Gasteiger partial charge in [0.25, 0.3) is 0 Å². The number of fused-ring (bicyclic) bond motifs is 4. The van der Waals surface area contributed by atoms with E-state index in [9.17, 15) is 60.3 Å². The molecular weight excluding hydrogens is 1070 g/mol. The van der Waals surface area contributed by atoms with Crippen molar-refractivity contribution >= 4 is 17.9 Å².